The number of fused-ring (bicyclic) bond motifs is 2. The number of nitrogens with zero attached hydrogens (tertiary/aromatic N) is 6. The van der Waals surface area contributed by atoms with Gasteiger partial charge in [0.1, 0.15) is 11.6 Å². The molecule has 2 fully saturated rings. The number of piperidine rings is 1. The predicted molar refractivity (Wildman–Crippen MR) is 169 cm³/mol. The van der Waals surface area contributed by atoms with Crippen LogP contribution in [0.2, 0.25) is 5.02 Å². The van der Waals surface area contributed by atoms with Crippen LogP contribution in [0.4, 0.5) is 17.6 Å². The summed E-state index contributed by atoms with van der Waals surface area (Å²) in [5, 5.41) is 13.7. The zero-order chi connectivity index (χ0) is 34.1. The smallest absolute Gasteiger partial charge is 0.444 e. The van der Waals surface area contributed by atoms with Crippen molar-refractivity contribution in [2.24, 2.45) is 5.41 Å². The van der Waals surface area contributed by atoms with Gasteiger partial charge in [-0.2, -0.15) is 23.4 Å². The fraction of sp³-hybridized carbons (Fsp3) is 0.371. The number of nitriles is 1. The Balaban J connectivity index is 1.01. The van der Waals surface area contributed by atoms with Gasteiger partial charge in [0.05, 0.1) is 34.6 Å². The van der Waals surface area contributed by atoms with Gasteiger partial charge >= 0.3 is 12.1 Å². The summed E-state index contributed by atoms with van der Waals surface area (Å²) in [4.78, 5) is 10.7. The minimum absolute atomic E-state index is 0.177. The third-order valence-corrected chi connectivity index (χ3v) is 9.96. The summed E-state index contributed by atoms with van der Waals surface area (Å²) in [6.45, 7) is 4.23. The first kappa shape index (κ1) is 31.6. The summed E-state index contributed by atoms with van der Waals surface area (Å²) >= 11 is 5.97. The predicted octanol–water partition coefficient (Wildman–Crippen LogP) is 8.23. The lowest BCUT2D eigenvalue weighted by Gasteiger charge is -2.32. The van der Waals surface area contributed by atoms with E-state index in [1.165, 1.54) is 6.07 Å². The monoisotopic (exact) mass is 692 g/mol. The number of hydrogen-bond donors (Lipinski definition) is 0. The Labute approximate surface area is 283 Å². The van der Waals surface area contributed by atoms with E-state index >= 15 is 0 Å². The van der Waals surface area contributed by atoms with Crippen LogP contribution in [0.5, 0.6) is 11.5 Å². The third kappa shape index (κ3) is 5.76. The Morgan fingerprint density at radius 2 is 1.84 bits per heavy atom. The van der Waals surface area contributed by atoms with E-state index in [1.807, 2.05) is 18.2 Å². The maximum Gasteiger partial charge on any atom is 0.471 e. The SMILES string of the molecule is C[C@]1(c2ccc(Cl)cc2F)Oc2cccc(C3CCN(Cc4nc5cc(-c6noc(C(F)(F)F)n6)ccc5n4CC4(C#N)CC4)CC3)c2O1. The molecule has 1 saturated heterocycles. The number of aromatic nitrogens is 4. The molecule has 0 spiro atoms. The maximum atomic E-state index is 14.9. The van der Waals surface area contributed by atoms with Gasteiger partial charge in [-0.15, -0.1) is 0 Å². The van der Waals surface area contributed by atoms with Gasteiger partial charge in [0.2, 0.25) is 5.82 Å². The topological polar surface area (TPSA) is 102 Å². The maximum absolute atomic E-state index is 14.9. The number of hydrogen-bond acceptors (Lipinski definition) is 8. The summed E-state index contributed by atoms with van der Waals surface area (Å²) in [7, 11) is 0. The molecular formula is C35H29ClF4N6O3. The molecule has 14 heteroatoms. The zero-order valence-corrected chi connectivity index (χ0v) is 27.0. The Bertz CT molecular complexity index is 2130. The highest BCUT2D eigenvalue weighted by molar-refractivity contribution is 6.30. The average molecular weight is 693 g/mol. The van der Waals surface area contributed by atoms with E-state index in [2.05, 4.69) is 30.2 Å². The van der Waals surface area contributed by atoms with Gasteiger partial charge in [-0.25, -0.2) is 9.37 Å². The number of alkyl halides is 3. The second-order valence-corrected chi connectivity index (χ2v) is 13.6. The van der Waals surface area contributed by atoms with E-state index in [9.17, 15) is 22.8 Å². The van der Waals surface area contributed by atoms with Crippen LogP contribution in [-0.4, -0.2) is 37.7 Å². The van der Waals surface area contributed by atoms with E-state index < -0.39 is 29.1 Å². The van der Waals surface area contributed by atoms with Crippen molar-refractivity contribution in [2.75, 3.05) is 13.1 Å². The molecule has 2 aliphatic heterocycles. The van der Waals surface area contributed by atoms with E-state index in [4.69, 9.17) is 26.1 Å². The second-order valence-electron chi connectivity index (χ2n) is 13.1. The molecule has 5 aromatic rings. The van der Waals surface area contributed by atoms with E-state index in [1.54, 1.807) is 37.3 Å². The number of imidazole rings is 1. The summed E-state index contributed by atoms with van der Waals surface area (Å²) in [6, 6.07) is 17.7. The average Bonchev–Trinajstić information content (AvgIpc) is 3.35. The largest absolute Gasteiger partial charge is 0.471 e. The van der Waals surface area contributed by atoms with Gasteiger partial charge in [0.15, 0.2) is 11.5 Å². The number of ether oxygens (including phenoxy) is 2. The summed E-state index contributed by atoms with van der Waals surface area (Å²) < 4.78 is 73.1. The van der Waals surface area contributed by atoms with Crippen molar-refractivity contribution in [3.8, 4) is 29.0 Å². The Kier molecular flexibility index (Phi) is 7.38. The Morgan fingerprint density at radius 1 is 1.04 bits per heavy atom. The highest BCUT2D eigenvalue weighted by Crippen LogP contribution is 2.50. The van der Waals surface area contributed by atoms with Crippen molar-refractivity contribution in [2.45, 2.75) is 63.6 Å². The van der Waals surface area contributed by atoms with Crippen LogP contribution in [0.1, 0.15) is 61.4 Å². The number of benzene rings is 3. The van der Waals surface area contributed by atoms with E-state index in [0.717, 1.165) is 55.7 Å². The van der Waals surface area contributed by atoms with Gasteiger partial charge in [-0.05, 0) is 87.2 Å². The van der Waals surface area contributed by atoms with Crippen molar-refractivity contribution >= 4 is 22.6 Å². The lowest BCUT2D eigenvalue weighted by molar-refractivity contribution is -0.159. The Morgan fingerprint density at radius 3 is 2.53 bits per heavy atom. The molecule has 49 heavy (non-hydrogen) atoms. The van der Waals surface area contributed by atoms with Crippen molar-refractivity contribution < 1.29 is 31.6 Å². The molecule has 3 aromatic carbocycles. The van der Waals surface area contributed by atoms with Crippen molar-refractivity contribution in [3.63, 3.8) is 0 Å². The molecule has 4 heterocycles. The molecule has 1 aliphatic carbocycles. The van der Waals surface area contributed by atoms with Crippen LogP contribution in [0.15, 0.2) is 59.1 Å². The number of halogens is 5. The quantitative estimate of drug-likeness (QED) is 0.157. The second kappa shape index (κ2) is 11.5. The molecular weight excluding hydrogens is 664 g/mol. The minimum Gasteiger partial charge on any atom is -0.444 e. The number of likely N-dealkylation sites (tertiary alicyclic amines) is 1. The number of rotatable bonds is 7. The molecule has 1 saturated carbocycles. The molecule has 3 aliphatic rings. The van der Waals surface area contributed by atoms with Crippen molar-refractivity contribution in [3.05, 3.63) is 88.3 Å². The van der Waals surface area contributed by atoms with Crippen LogP contribution in [0.3, 0.4) is 0 Å². The summed E-state index contributed by atoms with van der Waals surface area (Å²) in [5.41, 5.74) is 2.52. The first-order valence-corrected chi connectivity index (χ1v) is 16.3. The van der Waals surface area contributed by atoms with E-state index in [-0.39, 0.29) is 22.3 Å². The lowest BCUT2D eigenvalue weighted by atomic mass is 9.88. The van der Waals surface area contributed by atoms with Gasteiger partial charge < -0.3 is 18.6 Å². The van der Waals surface area contributed by atoms with Crippen LogP contribution < -0.4 is 9.47 Å². The molecule has 9 nitrogen and oxygen atoms in total. The molecule has 2 aromatic heterocycles. The fourth-order valence-corrected chi connectivity index (χ4v) is 7.03. The Hall–Kier alpha value is -4.67. The first-order chi connectivity index (χ1) is 23.4. The fourth-order valence-electron chi connectivity index (χ4n) is 6.87. The molecule has 0 amide bonds. The van der Waals surface area contributed by atoms with E-state index in [0.29, 0.717) is 35.7 Å². The molecule has 0 bridgehead atoms. The molecule has 8 rings (SSSR count). The standard InChI is InChI=1S/C35H29ClF4N6O3/c1-33(24-7-6-22(36)16-25(24)37)47-28-4-2-3-23(30(28)48-33)20-9-13-45(14-10-20)17-29-42-26-15-21(31-43-32(49-44-31)35(38,39)40)5-8-27(26)46(29)19-34(18-41)11-12-34/h2-8,15-16,20H,9-14,17,19H2,1H3/t33-/m0/s1. The highest BCUT2D eigenvalue weighted by Gasteiger charge is 2.45. The zero-order valence-electron chi connectivity index (χ0n) is 26.2. The van der Waals surface area contributed by atoms with Gasteiger partial charge in [0, 0.05) is 29.6 Å². The van der Waals surface area contributed by atoms with Crippen molar-refractivity contribution in [1.82, 2.24) is 24.6 Å². The van der Waals surface area contributed by atoms with Gasteiger partial charge in [-0.1, -0.05) is 28.9 Å². The minimum atomic E-state index is -4.74. The van der Waals surface area contributed by atoms with Crippen LogP contribution in [0, 0.1) is 22.6 Å². The first-order valence-electron chi connectivity index (χ1n) is 15.9. The third-order valence-electron chi connectivity index (χ3n) is 9.73. The van der Waals surface area contributed by atoms with Gasteiger partial charge in [-0.3, -0.25) is 4.90 Å². The molecule has 1 atom stereocenters. The lowest BCUT2D eigenvalue weighted by Crippen LogP contribution is -2.34. The number of para-hydroxylation sites is 1. The van der Waals surface area contributed by atoms with Crippen LogP contribution in [-0.2, 0) is 25.1 Å². The molecule has 0 N–H and O–H groups in total. The summed E-state index contributed by atoms with van der Waals surface area (Å²) in [5.74, 6) is -1.30. The highest BCUT2D eigenvalue weighted by atomic mass is 35.5. The van der Waals surface area contributed by atoms with Crippen LogP contribution >= 0.6 is 11.6 Å². The molecule has 252 valence electrons. The van der Waals surface area contributed by atoms with Gasteiger partial charge in [0.25, 0.3) is 5.79 Å². The molecule has 0 unspecified atom stereocenters. The summed E-state index contributed by atoms with van der Waals surface area (Å²) in [6.07, 6.45) is -1.49. The molecule has 0 radical (unpaired) electrons. The van der Waals surface area contributed by atoms with Crippen LogP contribution in [0.25, 0.3) is 22.4 Å². The normalized spacial score (nSPS) is 20.5. The van der Waals surface area contributed by atoms with Crippen molar-refractivity contribution in [1.29, 1.82) is 5.26 Å².